The Hall–Kier alpha value is -1.65. The van der Waals surface area contributed by atoms with E-state index in [4.69, 9.17) is 4.84 Å². The molecule has 0 fully saturated rings. The van der Waals surface area contributed by atoms with Crippen LogP contribution in [0.5, 0.6) is 0 Å². The van der Waals surface area contributed by atoms with Gasteiger partial charge in [0.1, 0.15) is 0 Å². The van der Waals surface area contributed by atoms with Crippen LogP contribution in [0.3, 0.4) is 0 Å². The molecule has 1 aromatic heterocycles. The van der Waals surface area contributed by atoms with Crippen LogP contribution in [-0.4, -0.2) is 10.2 Å². The molecule has 4 heteroatoms. The fraction of sp³-hybridized carbons (Fsp3) is 0.182. The average Bonchev–Trinajstić information content (AvgIpc) is 2.79. The van der Waals surface area contributed by atoms with Gasteiger partial charge in [-0.15, -0.1) is 0 Å². The van der Waals surface area contributed by atoms with E-state index in [1.807, 2.05) is 36.4 Å². The molecule has 1 aromatic carbocycles. The molecule has 2 aromatic rings. The largest absolute Gasteiger partial charge is 0.297 e. The Balaban J connectivity index is 1.68. The van der Waals surface area contributed by atoms with Gasteiger partial charge in [-0.1, -0.05) is 30.3 Å². The first kappa shape index (κ1) is 9.89. The van der Waals surface area contributed by atoms with E-state index < -0.39 is 0 Å². The van der Waals surface area contributed by atoms with Crippen molar-refractivity contribution in [2.75, 3.05) is 0 Å². The fourth-order valence-corrected chi connectivity index (χ4v) is 1.22. The molecule has 78 valence electrons. The number of hydrogen-bond acceptors (Lipinski definition) is 3. The molecule has 0 aliphatic rings. The van der Waals surface area contributed by atoms with Crippen LogP contribution in [-0.2, 0) is 18.0 Å². The summed E-state index contributed by atoms with van der Waals surface area (Å²) in [4.78, 5) is 5.30. The summed E-state index contributed by atoms with van der Waals surface area (Å²) in [5.41, 5.74) is 5.02. The van der Waals surface area contributed by atoms with E-state index in [0.29, 0.717) is 13.2 Å². The maximum Gasteiger partial charge on any atom is 0.0933 e. The number of aromatic nitrogens is 2. The highest BCUT2D eigenvalue weighted by atomic mass is 16.6. The third-order valence-electron chi connectivity index (χ3n) is 2.00. The zero-order valence-electron chi connectivity index (χ0n) is 8.31. The van der Waals surface area contributed by atoms with E-state index in [1.54, 1.807) is 6.20 Å². The lowest BCUT2D eigenvalue weighted by Gasteiger charge is -2.04. The Morgan fingerprint density at radius 1 is 1.20 bits per heavy atom. The van der Waals surface area contributed by atoms with Gasteiger partial charge in [-0.2, -0.15) is 10.6 Å². The van der Waals surface area contributed by atoms with Gasteiger partial charge >= 0.3 is 0 Å². The third kappa shape index (κ3) is 3.19. The van der Waals surface area contributed by atoms with Gasteiger partial charge < -0.3 is 0 Å². The van der Waals surface area contributed by atoms with Crippen LogP contribution >= 0.6 is 0 Å². The normalized spacial score (nSPS) is 10.4. The topological polar surface area (TPSA) is 49.9 Å². The molecule has 0 bridgehead atoms. The van der Waals surface area contributed by atoms with Crippen molar-refractivity contribution < 1.29 is 4.84 Å². The van der Waals surface area contributed by atoms with E-state index in [0.717, 1.165) is 11.3 Å². The van der Waals surface area contributed by atoms with Gasteiger partial charge in [0.05, 0.1) is 18.8 Å². The first-order valence-corrected chi connectivity index (χ1v) is 4.82. The molecule has 0 aliphatic carbocycles. The summed E-state index contributed by atoms with van der Waals surface area (Å²) < 4.78 is 0. The minimum atomic E-state index is 0.564. The second-order valence-electron chi connectivity index (χ2n) is 3.18. The second kappa shape index (κ2) is 5.29. The summed E-state index contributed by atoms with van der Waals surface area (Å²) in [6.07, 6.45) is 1.72. The fourth-order valence-electron chi connectivity index (χ4n) is 1.22. The van der Waals surface area contributed by atoms with E-state index >= 15 is 0 Å². The number of nitrogens with zero attached hydrogens (tertiary/aromatic N) is 1. The van der Waals surface area contributed by atoms with Gasteiger partial charge in [-0.05, 0) is 11.6 Å². The SMILES string of the molecule is c1ccc(CONCc2ccn[nH]2)cc1. The van der Waals surface area contributed by atoms with Crippen LogP contribution in [0.1, 0.15) is 11.3 Å². The Morgan fingerprint density at radius 3 is 2.80 bits per heavy atom. The second-order valence-corrected chi connectivity index (χ2v) is 3.18. The lowest BCUT2D eigenvalue weighted by atomic mass is 10.2. The van der Waals surface area contributed by atoms with Crippen LogP contribution in [0.15, 0.2) is 42.6 Å². The van der Waals surface area contributed by atoms with Crippen molar-refractivity contribution in [2.24, 2.45) is 0 Å². The summed E-state index contributed by atoms with van der Waals surface area (Å²) in [5, 5.41) is 6.68. The number of H-pyrrole nitrogens is 1. The number of aromatic amines is 1. The smallest absolute Gasteiger partial charge is 0.0933 e. The minimum Gasteiger partial charge on any atom is -0.297 e. The van der Waals surface area contributed by atoms with E-state index in [-0.39, 0.29) is 0 Å². The van der Waals surface area contributed by atoms with Gasteiger partial charge in [0, 0.05) is 6.20 Å². The molecule has 0 saturated heterocycles. The van der Waals surface area contributed by atoms with Crippen molar-refractivity contribution >= 4 is 0 Å². The van der Waals surface area contributed by atoms with Crippen molar-refractivity contribution in [1.82, 2.24) is 15.7 Å². The van der Waals surface area contributed by atoms with Crippen molar-refractivity contribution in [1.29, 1.82) is 0 Å². The highest BCUT2D eigenvalue weighted by Crippen LogP contribution is 1.99. The summed E-state index contributed by atoms with van der Waals surface area (Å²) >= 11 is 0. The van der Waals surface area contributed by atoms with Crippen LogP contribution in [0, 0.1) is 0 Å². The van der Waals surface area contributed by atoms with Gasteiger partial charge in [0.2, 0.25) is 0 Å². The van der Waals surface area contributed by atoms with Crippen LogP contribution < -0.4 is 5.48 Å². The molecule has 0 amide bonds. The average molecular weight is 203 g/mol. The summed E-state index contributed by atoms with van der Waals surface area (Å²) in [5.74, 6) is 0. The molecule has 0 radical (unpaired) electrons. The maximum absolute atomic E-state index is 5.30. The monoisotopic (exact) mass is 203 g/mol. The van der Waals surface area contributed by atoms with Crippen LogP contribution in [0.25, 0.3) is 0 Å². The van der Waals surface area contributed by atoms with Crippen LogP contribution in [0.2, 0.25) is 0 Å². The zero-order valence-corrected chi connectivity index (χ0v) is 8.31. The van der Waals surface area contributed by atoms with Crippen molar-refractivity contribution in [3.8, 4) is 0 Å². The quantitative estimate of drug-likeness (QED) is 0.573. The van der Waals surface area contributed by atoms with Crippen molar-refractivity contribution in [3.63, 3.8) is 0 Å². The minimum absolute atomic E-state index is 0.564. The third-order valence-corrected chi connectivity index (χ3v) is 2.00. The lowest BCUT2D eigenvalue weighted by molar-refractivity contribution is 0.0228. The Kier molecular flexibility index (Phi) is 3.48. The predicted octanol–water partition coefficient (Wildman–Crippen LogP) is 1.63. The molecule has 0 saturated carbocycles. The number of rotatable bonds is 5. The van der Waals surface area contributed by atoms with Gasteiger partial charge in [-0.3, -0.25) is 9.94 Å². The van der Waals surface area contributed by atoms with E-state index in [1.165, 1.54) is 0 Å². The molecule has 1 heterocycles. The van der Waals surface area contributed by atoms with E-state index in [9.17, 15) is 0 Å². The molecule has 0 atom stereocenters. The first-order valence-electron chi connectivity index (χ1n) is 4.82. The van der Waals surface area contributed by atoms with Gasteiger partial charge in [0.15, 0.2) is 0 Å². The van der Waals surface area contributed by atoms with Gasteiger partial charge in [0.25, 0.3) is 0 Å². The van der Waals surface area contributed by atoms with Crippen molar-refractivity contribution in [2.45, 2.75) is 13.2 Å². The maximum atomic E-state index is 5.30. The summed E-state index contributed by atoms with van der Waals surface area (Å²) in [6.45, 7) is 1.20. The Bertz CT molecular complexity index is 372. The number of hydroxylamine groups is 1. The first-order chi connectivity index (χ1) is 7.45. The molecular formula is C11H13N3O. The van der Waals surface area contributed by atoms with E-state index in [2.05, 4.69) is 15.7 Å². The molecule has 0 aliphatic heterocycles. The summed E-state index contributed by atoms with van der Waals surface area (Å²) in [6, 6.07) is 11.9. The molecular weight excluding hydrogens is 190 g/mol. The number of nitrogens with one attached hydrogen (secondary N) is 2. The molecule has 0 spiro atoms. The highest BCUT2D eigenvalue weighted by Gasteiger charge is 1.93. The molecule has 2 N–H and O–H groups in total. The Labute approximate surface area is 88.2 Å². The van der Waals surface area contributed by atoms with Crippen LogP contribution in [0.4, 0.5) is 0 Å². The molecule has 4 nitrogen and oxygen atoms in total. The zero-order chi connectivity index (χ0) is 10.3. The highest BCUT2D eigenvalue weighted by molar-refractivity contribution is 5.13. The Morgan fingerprint density at radius 2 is 2.07 bits per heavy atom. The van der Waals surface area contributed by atoms with Crippen molar-refractivity contribution in [3.05, 3.63) is 53.9 Å². The molecule has 0 unspecified atom stereocenters. The number of hydrogen-bond donors (Lipinski definition) is 2. The van der Waals surface area contributed by atoms with Gasteiger partial charge in [-0.25, -0.2) is 0 Å². The lowest BCUT2D eigenvalue weighted by Crippen LogP contribution is -2.14. The molecule has 15 heavy (non-hydrogen) atoms. The predicted molar refractivity (Wildman–Crippen MR) is 56.7 cm³/mol. The molecule has 2 rings (SSSR count). The number of benzene rings is 1. The summed E-state index contributed by atoms with van der Waals surface area (Å²) in [7, 11) is 0. The standard InChI is InChI=1S/C11H13N3O/c1-2-4-10(5-3-1)9-15-13-8-11-6-7-12-14-11/h1-7,13H,8-9H2,(H,12,14).